The maximum Gasteiger partial charge on any atom is 0.189 e. The lowest BCUT2D eigenvalue weighted by Crippen LogP contribution is -2.03. The van der Waals surface area contributed by atoms with Crippen LogP contribution in [0.25, 0.3) is 6.08 Å². The van der Waals surface area contributed by atoms with Gasteiger partial charge in [0.1, 0.15) is 0 Å². The Balaban J connectivity index is 2.35. The zero-order valence-corrected chi connectivity index (χ0v) is 12.5. The largest absolute Gasteiger partial charge is 0.289 e. The van der Waals surface area contributed by atoms with Crippen LogP contribution in [0.3, 0.4) is 0 Å². The molecule has 0 bridgehead atoms. The number of Topliss-reactive ketones (excluding diaryl/α,β-unsaturated/α-hetero) is 1. The van der Waals surface area contributed by atoms with Gasteiger partial charge in [-0.1, -0.05) is 72.3 Å². The van der Waals surface area contributed by atoms with Crippen molar-refractivity contribution in [1.29, 1.82) is 0 Å². The SMILES string of the molecule is CC(C)=CC/C(=C\c1ccccc1)C(=O)c1ccccc1. The molecule has 0 saturated heterocycles. The van der Waals surface area contributed by atoms with Crippen molar-refractivity contribution in [2.45, 2.75) is 20.3 Å². The summed E-state index contributed by atoms with van der Waals surface area (Å²) in [5.74, 6) is 0.0944. The molecule has 0 aliphatic carbocycles. The van der Waals surface area contributed by atoms with Crippen molar-refractivity contribution >= 4 is 11.9 Å². The highest BCUT2D eigenvalue weighted by Crippen LogP contribution is 2.17. The predicted octanol–water partition coefficient (Wildman–Crippen LogP) is 5.31. The molecule has 1 heteroatoms. The van der Waals surface area contributed by atoms with E-state index in [4.69, 9.17) is 0 Å². The number of hydrogen-bond donors (Lipinski definition) is 0. The van der Waals surface area contributed by atoms with Gasteiger partial charge in [-0.3, -0.25) is 4.79 Å². The van der Waals surface area contributed by atoms with Crippen molar-refractivity contribution < 1.29 is 4.79 Å². The van der Waals surface area contributed by atoms with Crippen molar-refractivity contribution in [2.75, 3.05) is 0 Å². The fourth-order valence-electron chi connectivity index (χ4n) is 2.06. The van der Waals surface area contributed by atoms with Gasteiger partial charge in [0.15, 0.2) is 5.78 Å². The van der Waals surface area contributed by atoms with Gasteiger partial charge in [-0.25, -0.2) is 0 Å². The molecule has 2 aromatic rings. The maximum atomic E-state index is 12.7. The first-order valence-electron chi connectivity index (χ1n) is 7.15. The lowest BCUT2D eigenvalue weighted by atomic mass is 9.97. The summed E-state index contributed by atoms with van der Waals surface area (Å²) in [4.78, 5) is 12.7. The minimum absolute atomic E-state index is 0.0944. The average molecular weight is 276 g/mol. The summed E-state index contributed by atoms with van der Waals surface area (Å²) in [7, 11) is 0. The van der Waals surface area contributed by atoms with Crippen molar-refractivity contribution in [3.63, 3.8) is 0 Å². The molecule has 0 spiro atoms. The first-order chi connectivity index (χ1) is 10.2. The number of allylic oxidation sites excluding steroid dienone is 3. The first kappa shape index (κ1) is 15.0. The molecule has 0 aliphatic rings. The van der Waals surface area contributed by atoms with Crippen molar-refractivity contribution in [3.05, 3.63) is 89.0 Å². The van der Waals surface area contributed by atoms with Crippen LogP contribution in [0.2, 0.25) is 0 Å². The van der Waals surface area contributed by atoms with Gasteiger partial charge in [-0.05, 0) is 31.9 Å². The average Bonchev–Trinajstić information content (AvgIpc) is 2.52. The molecule has 2 aromatic carbocycles. The van der Waals surface area contributed by atoms with E-state index in [-0.39, 0.29) is 5.78 Å². The zero-order valence-electron chi connectivity index (χ0n) is 12.5. The highest BCUT2D eigenvalue weighted by atomic mass is 16.1. The van der Waals surface area contributed by atoms with E-state index in [2.05, 4.69) is 6.08 Å². The quantitative estimate of drug-likeness (QED) is 0.411. The Morgan fingerprint density at radius 1 is 0.905 bits per heavy atom. The molecule has 0 aliphatic heterocycles. The first-order valence-corrected chi connectivity index (χ1v) is 7.15. The molecule has 106 valence electrons. The number of carbonyl (C=O) groups is 1. The highest BCUT2D eigenvalue weighted by molar-refractivity contribution is 6.11. The topological polar surface area (TPSA) is 17.1 Å². The second kappa shape index (κ2) is 7.39. The Bertz CT molecular complexity index is 645. The summed E-state index contributed by atoms with van der Waals surface area (Å²) >= 11 is 0. The second-order valence-corrected chi connectivity index (χ2v) is 5.26. The highest BCUT2D eigenvalue weighted by Gasteiger charge is 2.10. The van der Waals surface area contributed by atoms with E-state index in [1.54, 1.807) is 0 Å². The van der Waals surface area contributed by atoms with Crippen LogP contribution in [0, 0.1) is 0 Å². The van der Waals surface area contributed by atoms with E-state index >= 15 is 0 Å². The van der Waals surface area contributed by atoms with Gasteiger partial charge in [0, 0.05) is 11.1 Å². The fourth-order valence-corrected chi connectivity index (χ4v) is 2.06. The van der Waals surface area contributed by atoms with Gasteiger partial charge < -0.3 is 0 Å². The predicted molar refractivity (Wildman–Crippen MR) is 89.2 cm³/mol. The second-order valence-electron chi connectivity index (χ2n) is 5.26. The summed E-state index contributed by atoms with van der Waals surface area (Å²) in [5, 5.41) is 0. The molecule has 21 heavy (non-hydrogen) atoms. The molecule has 0 saturated carbocycles. The number of ketones is 1. The Hall–Kier alpha value is -2.41. The minimum Gasteiger partial charge on any atom is -0.289 e. The van der Waals surface area contributed by atoms with Gasteiger partial charge in [-0.15, -0.1) is 0 Å². The Morgan fingerprint density at radius 3 is 2.05 bits per heavy atom. The summed E-state index contributed by atoms with van der Waals surface area (Å²) in [6.45, 7) is 4.10. The lowest BCUT2D eigenvalue weighted by Gasteiger charge is -2.06. The number of rotatable bonds is 5. The summed E-state index contributed by atoms with van der Waals surface area (Å²) < 4.78 is 0. The van der Waals surface area contributed by atoms with E-state index in [1.165, 1.54) is 5.57 Å². The third-order valence-electron chi connectivity index (χ3n) is 3.20. The standard InChI is InChI=1S/C20H20O/c1-16(2)13-14-19(15-17-9-5-3-6-10-17)20(21)18-11-7-4-8-12-18/h3-13,15H,14H2,1-2H3/b19-15+. The molecule has 0 heterocycles. The van der Waals surface area contributed by atoms with E-state index in [0.717, 1.165) is 16.7 Å². The minimum atomic E-state index is 0.0944. The van der Waals surface area contributed by atoms with Gasteiger partial charge in [0.05, 0.1) is 0 Å². The molecule has 0 fully saturated rings. The van der Waals surface area contributed by atoms with Crippen LogP contribution in [-0.2, 0) is 0 Å². The van der Waals surface area contributed by atoms with E-state index in [9.17, 15) is 4.79 Å². The third-order valence-corrected chi connectivity index (χ3v) is 3.20. The summed E-state index contributed by atoms with van der Waals surface area (Å²) in [6, 6.07) is 19.4. The summed E-state index contributed by atoms with van der Waals surface area (Å²) in [6.07, 6.45) is 4.73. The molecule has 0 amide bonds. The van der Waals surface area contributed by atoms with Crippen LogP contribution in [0.4, 0.5) is 0 Å². The Labute approximate surface area is 126 Å². The molecule has 0 unspecified atom stereocenters. The van der Waals surface area contributed by atoms with Crippen LogP contribution in [0.1, 0.15) is 36.2 Å². The molecule has 0 atom stereocenters. The molecular weight excluding hydrogens is 256 g/mol. The summed E-state index contributed by atoms with van der Waals surface area (Å²) in [5.41, 5.74) is 3.82. The van der Waals surface area contributed by atoms with Gasteiger partial charge in [-0.2, -0.15) is 0 Å². The lowest BCUT2D eigenvalue weighted by molar-refractivity contribution is 0.103. The van der Waals surface area contributed by atoms with Gasteiger partial charge >= 0.3 is 0 Å². The van der Waals surface area contributed by atoms with Crippen LogP contribution in [0.15, 0.2) is 77.9 Å². The van der Waals surface area contributed by atoms with E-state index in [1.807, 2.05) is 80.6 Å². The number of carbonyl (C=O) groups excluding carboxylic acids is 1. The molecule has 1 nitrogen and oxygen atoms in total. The Morgan fingerprint density at radius 2 is 1.48 bits per heavy atom. The molecule has 0 aromatic heterocycles. The molecule has 2 rings (SSSR count). The monoisotopic (exact) mass is 276 g/mol. The normalized spacial score (nSPS) is 11.0. The van der Waals surface area contributed by atoms with Crippen LogP contribution < -0.4 is 0 Å². The van der Waals surface area contributed by atoms with Gasteiger partial charge in [0.25, 0.3) is 0 Å². The van der Waals surface area contributed by atoms with Crippen molar-refractivity contribution in [2.24, 2.45) is 0 Å². The molecule has 0 radical (unpaired) electrons. The fraction of sp³-hybridized carbons (Fsp3) is 0.150. The van der Waals surface area contributed by atoms with Crippen LogP contribution in [-0.4, -0.2) is 5.78 Å². The Kier molecular flexibility index (Phi) is 5.28. The van der Waals surface area contributed by atoms with Crippen LogP contribution >= 0.6 is 0 Å². The van der Waals surface area contributed by atoms with Gasteiger partial charge in [0.2, 0.25) is 0 Å². The molecule has 0 N–H and O–H groups in total. The number of hydrogen-bond acceptors (Lipinski definition) is 1. The van der Waals surface area contributed by atoms with Crippen molar-refractivity contribution in [3.8, 4) is 0 Å². The van der Waals surface area contributed by atoms with E-state index in [0.29, 0.717) is 6.42 Å². The van der Waals surface area contributed by atoms with E-state index < -0.39 is 0 Å². The van der Waals surface area contributed by atoms with Crippen molar-refractivity contribution in [1.82, 2.24) is 0 Å². The maximum absolute atomic E-state index is 12.7. The molecular formula is C20H20O. The number of benzene rings is 2. The van der Waals surface area contributed by atoms with Crippen LogP contribution in [0.5, 0.6) is 0 Å². The smallest absolute Gasteiger partial charge is 0.189 e. The zero-order chi connectivity index (χ0) is 15.1. The third kappa shape index (κ3) is 4.57.